The molecule has 1 rings (SSSR count). The Bertz CT molecular complexity index is 210. The third-order valence-corrected chi connectivity index (χ3v) is 1.30. The summed E-state index contributed by atoms with van der Waals surface area (Å²) in [7, 11) is 0. The van der Waals surface area contributed by atoms with E-state index in [2.05, 4.69) is 6.92 Å². The number of pyridine rings is 1. The first kappa shape index (κ1) is 7.06. The number of hydrogen-bond acceptors (Lipinski definition) is 1. The Morgan fingerprint density at radius 3 is 3.00 bits per heavy atom. The topological polar surface area (TPSA) is 26.9 Å². The third-order valence-electron chi connectivity index (χ3n) is 1.30. The fraction of sp³-hybridized carbons (Fsp3) is 0.250. The van der Waals surface area contributed by atoms with E-state index in [1.807, 2.05) is 6.07 Å². The van der Waals surface area contributed by atoms with E-state index in [9.17, 15) is 5.21 Å². The zero-order valence-electron chi connectivity index (χ0n) is 5.79. The van der Waals surface area contributed by atoms with Gasteiger partial charge in [-0.1, -0.05) is 6.92 Å². The molecular formula is C8H10NO. The van der Waals surface area contributed by atoms with Crippen molar-refractivity contribution < 1.29 is 4.73 Å². The summed E-state index contributed by atoms with van der Waals surface area (Å²) in [6, 6.07) is 3.68. The van der Waals surface area contributed by atoms with Gasteiger partial charge in [-0.3, -0.25) is 0 Å². The van der Waals surface area contributed by atoms with Crippen LogP contribution in [0, 0.1) is 12.1 Å². The average Bonchev–Trinajstić information content (AvgIpc) is 1.88. The highest BCUT2D eigenvalue weighted by Gasteiger charge is 1.93. The maximum Gasteiger partial charge on any atom is 0.183 e. The molecule has 10 heavy (non-hydrogen) atoms. The molecule has 0 unspecified atom stereocenters. The monoisotopic (exact) mass is 136 g/mol. The van der Waals surface area contributed by atoms with Gasteiger partial charge in [0.15, 0.2) is 12.4 Å². The predicted octanol–water partition coefficient (Wildman–Crippen LogP) is 1.09. The van der Waals surface area contributed by atoms with E-state index in [4.69, 9.17) is 0 Å². The van der Waals surface area contributed by atoms with Crippen molar-refractivity contribution >= 4 is 0 Å². The SMILES string of the molecule is [CH2]CCc1ccc[n+]([O-])c1. The van der Waals surface area contributed by atoms with Crippen LogP contribution in [0.4, 0.5) is 0 Å². The molecule has 0 spiro atoms. The third kappa shape index (κ3) is 1.72. The van der Waals surface area contributed by atoms with E-state index < -0.39 is 0 Å². The van der Waals surface area contributed by atoms with Crippen LogP contribution in [-0.4, -0.2) is 0 Å². The largest absolute Gasteiger partial charge is 0.619 e. The minimum atomic E-state index is 0.811. The van der Waals surface area contributed by atoms with Crippen molar-refractivity contribution in [3.8, 4) is 0 Å². The summed E-state index contributed by atoms with van der Waals surface area (Å²) in [4.78, 5) is 0. The second-order valence-electron chi connectivity index (χ2n) is 2.18. The lowest BCUT2D eigenvalue weighted by Gasteiger charge is -1.97. The Morgan fingerprint density at radius 1 is 1.60 bits per heavy atom. The van der Waals surface area contributed by atoms with Gasteiger partial charge < -0.3 is 5.21 Å². The van der Waals surface area contributed by atoms with Gasteiger partial charge in [-0.05, 0) is 18.9 Å². The summed E-state index contributed by atoms with van der Waals surface area (Å²) in [5.74, 6) is 0. The molecular weight excluding hydrogens is 126 g/mol. The highest BCUT2D eigenvalue weighted by Crippen LogP contribution is 1.97. The normalized spacial score (nSPS) is 9.70. The van der Waals surface area contributed by atoms with Crippen molar-refractivity contribution in [3.63, 3.8) is 0 Å². The molecule has 2 heteroatoms. The summed E-state index contributed by atoms with van der Waals surface area (Å²) >= 11 is 0. The first-order valence-electron chi connectivity index (χ1n) is 3.30. The van der Waals surface area contributed by atoms with E-state index in [1.165, 1.54) is 6.20 Å². The van der Waals surface area contributed by atoms with E-state index in [1.54, 1.807) is 12.3 Å². The van der Waals surface area contributed by atoms with E-state index in [0.29, 0.717) is 0 Å². The van der Waals surface area contributed by atoms with Crippen molar-refractivity contribution in [2.45, 2.75) is 12.8 Å². The second-order valence-corrected chi connectivity index (χ2v) is 2.18. The minimum Gasteiger partial charge on any atom is -0.619 e. The fourth-order valence-corrected chi connectivity index (χ4v) is 0.853. The molecule has 53 valence electrons. The molecule has 0 bridgehead atoms. The Balaban J connectivity index is 2.75. The summed E-state index contributed by atoms with van der Waals surface area (Å²) in [6.45, 7) is 3.70. The molecule has 0 saturated heterocycles. The molecule has 0 aromatic carbocycles. The van der Waals surface area contributed by atoms with Crippen LogP contribution in [0.1, 0.15) is 12.0 Å². The van der Waals surface area contributed by atoms with Crippen LogP contribution in [0.2, 0.25) is 0 Å². The van der Waals surface area contributed by atoms with Gasteiger partial charge in [0.05, 0.1) is 0 Å². The molecule has 0 saturated carbocycles. The van der Waals surface area contributed by atoms with Crippen LogP contribution < -0.4 is 4.73 Å². The average molecular weight is 136 g/mol. The van der Waals surface area contributed by atoms with Gasteiger partial charge in [0.25, 0.3) is 0 Å². The zero-order chi connectivity index (χ0) is 7.40. The van der Waals surface area contributed by atoms with Crippen LogP contribution >= 0.6 is 0 Å². The minimum absolute atomic E-state index is 0.811. The number of aryl methyl sites for hydroxylation is 1. The lowest BCUT2D eigenvalue weighted by molar-refractivity contribution is -0.605. The van der Waals surface area contributed by atoms with Crippen LogP contribution in [0.3, 0.4) is 0 Å². The zero-order valence-corrected chi connectivity index (χ0v) is 5.79. The highest BCUT2D eigenvalue weighted by molar-refractivity contribution is 5.05. The Kier molecular flexibility index (Phi) is 2.26. The van der Waals surface area contributed by atoms with Gasteiger partial charge >= 0.3 is 0 Å². The molecule has 1 heterocycles. The molecule has 1 aromatic heterocycles. The second kappa shape index (κ2) is 3.20. The summed E-state index contributed by atoms with van der Waals surface area (Å²) in [6.07, 6.45) is 4.77. The number of hydrogen-bond donors (Lipinski definition) is 0. The standard InChI is InChI=1S/C8H10NO/c1-2-4-8-5-3-6-9(10)7-8/h3,5-7H,1-2,4H2. The van der Waals surface area contributed by atoms with Crippen molar-refractivity contribution in [2.24, 2.45) is 0 Å². The number of nitrogens with zero attached hydrogens (tertiary/aromatic N) is 1. The quantitative estimate of drug-likeness (QED) is 0.441. The van der Waals surface area contributed by atoms with Crippen molar-refractivity contribution in [1.82, 2.24) is 0 Å². The van der Waals surface area contributed by atoms with E-state index in [0.717, 1.165) is 23.1 Å². The van der Waals surface area contributed by atoms with E-state index in [-0.39, 0.29) is 0 Å². The number of aromatic nitrogens is 1. The summed E-state index contributed by atoms with van der Waals surface area (Å²) in [5.41, 5.74) is 1.05. The smallest absolute Gasteiger partial charge is 0.183 e. The highest BCUT2D eigenvalue weighted by atomic mass is 16.5. The van der Waals surface area contributed by atoms with Crippen LogP contribution in [0.15, 0.2) is 24.5 Å². The first-order chi connectivity index (χ1) is 4.83. The fourth-order valence-electron chi connectivity index (χ4n) is 0.853. The van der Waals surface area contributed by atoms with Crippen molar-refractivity contribution in [2.75, 3.05) is 0 Å². The first-order valence-corrected chi connectivity index (χ1v) is 3.30. The molecule has 0 aliphatic heterocycles. The molecule has 1 aromatic rings. The maximum absolute atomic E-state index is 10.7. The van der Waals surface area contributed by atoms with E-state index >= 15 is 0 Å². The molecule has 0 N–H and O–H groups in total. The van der Waals surface area contributed by atoms with Gasteiger partial charge in [0.2, 0.25) is 0 Å². The van der Waals surface area contributed by atoms with Gasteiger partial charge in [0, 0.05) is 11.6 Å². The lowest BCUT2D eigenvalue weighted by Crippen LogP contribution is -2.24. The predicted molar refractivity (Wildman–Crippen MR) is 39.1 cm³/mol. The molecule has 0 aliphatic rings. The van der Waals surface area contributed by atoms with Crippen LogP contribution in [-0.2, 0) is 6.42 Å². The molecule has 1 radical (unpaired) electrons. The Labute approximate surface area is 60.7 Å². The maximum atomic E-state index is 10.7. The number of rotatable bonds is 2. The van der Waals surface area contributed by atoms with Crippen molar-refractivity contribution in [3.05, 3.63) is 42.2 Å². The molecule has 0 atom stereocenters. The van der Waals surface area contributed by atoms with Gasteiger partial charge in [0.1, 0.15) is 0 Å². The molecule has 0 aliphatic carbocycles. The van der Waals surface area contributed by atoms with Crippen molar-refractivity contribution in [1.29, 1.82) is 0 Å². The van der Waals surface area contributed by atoms with Gasteiger partial charge in [-0.25, -0.2) is 0 Å². The van der Waals surface area contributed by atoms with Crippen LogP contribution in [0.25, 0.3) is 0 Å². The molecule has 2 nitrogen and oxygen atoms in total. The lowest BCUT2D eigenvalue weighted by atomic mass is 10.2. The summed E-state index contributed by atoms with van der Waals surface area (Å²) < 4.78 is 0.811. The summed E-state index contributed by atoms with van der Waals surface area (Å²) in [5, 5.41) is 10.7. The molecule has 0 fully saturated rings. The Hall–Kier alpha value is -1.05. The molecule has 0 amide bonds. The van der Waals surface area contributed by atoms with Gasteiger partial charge in [-0.15, -0.1) is 0 Å². The van der Waals surface area contributed by atoms with Crippen LogP contribution in [0.5, 0.6) is 0 Å². The van der Waals surface area contributed by atoms with Gasteiger partial charge in [-0.2, -0.15) is 4.73 Å². The Morgan fingerprint density at radius 2 is 2.40 bits per heavy atom.